The van der Waals surface area contributed by atoms with E-state index in [-0.39, 0.29) is 76.6 Å². The first-order valence-electron chi connectivity index (χ1n) is 12.1. The van der Waals surface area contributed by atoms with E-state index in [0.717, 1.165) is 0 Å². The first-order valence-corrected chi connectivity index (χ1v) is 12.1. The first-order chi connectivity index (χ1) is 19.3. The lowest BCUT2D eigenvalue weighted by Gasteiger charge is -2.11. The molecule has 6 aromatic carbocycles. The fraction of sp³-hybridized carbons (Fsp3) is 0.0667. The van der Waals surface area contributed by atoms with Crippen LogP contribution < -0.4 is 31.2 Å². The monoisotopic (exact) mass is 532 g/mol. The predicted octanol–water partition coefficient (Wildman–Crippen LogP) is 4.18. The van der Waals surface area contributed by atoms with Crippen LogP contribution >= 0.6 is 0 Å². The normalized spacial score (nSPS) is 11.8. The average molecular weight is 532 g/mol. The molecular formula is C30H16N2O8. The summed E-state index contributed by atoms with van der Waals surface area (Å²) in [6, 6.07) is 13.2. The van der Waals surface area contributed by atoms with Crippen LogP contribution in [0.3, 0.4) is 0 Å². The Bertz CT molecular complexity index is 2520. The number of nitrogens with one attached hydrogen (secondary N) is 1. The van der Waals surface area contributed by atoms with Gasteiger partial charge in [-0.05, 0) is 18.2 Å². The first kappa shape index (κ1) is 23.5. The Labute approximate surface area is 221 Å². The summed E-state index contributed by atoms with van der Waals surface area (Å²) in [5, 5.41) is 11.5. The zero-order valence-electron chi connectivity index (χ0n) is 20.9. The highest BCUT2D eigenvalue weighted by Gasteiger charge is 2.27. The molecule has 0 spiro atoms. The predicted molar refractivity (Wildman–Crippen MR) is 153 cm³/mol. The zero-order valence-corrected chi connectivity index (χ0v) is 20.9. The SMILES string of the molecule is COc1cccc2c(=O)c3c(c(=O)c12)c1[nH]c2ccc([N+](=O)[O-])cc2c1c1c(=O)c2c(OC)cccc2c(=O)c31. The molecule has 0 fully saturated rings. The number of ether oxygens (including phenoxy) is 2. The van der Waals surface area contributed by atoms with Crippen molar-refractivity contribution in [2.75, 3.05) is 14.2 Å². The number of benzene rings is 6. The smallest absolute Gasteiger partial charge is 0.270 e. The van der Waals surface area contributed by atoms with E-state index in [4.69, 9.17) is 9.47 Å². The van der Waals surface area contributed by atoms with Gasteiger partial charge in [-0.1, -0.05) is 24.3 Å². The summed E-state index contributed by atoms with van der Waals surface area (Å²) >= 11 is 0. The molecule has 0 atom stereocenters. The van der Waals surface area contributed by atoms with Gasteiger partial charge in [0.1, 0.15) is 11.5 Å². The topological polar surface area (TPSA) is 146 Å². The molecule has 0 aliphatic carbocycles. The van der Waals surface area contributed by atoms with Gasteiger partial charge in [-0.25, -0.2) is 0 Å². The number of hydrogen-bond acceptors (Lipinski definition) is 8. The third-order valence-corrected chi connectivity index (χ3v) is 7.59. The van der Waals surface area contributed by atoms with Gasteiger partial charge < -0.3 is 14.5 Å². The molecule has 194 valence electrons. The third kappa shape index (κ3) is 2.76. The number of aromatic nitrogens is 1. The third-order valence-electron chi connectivity index (χ3n) is 7.59. The maximum atomic E-state index is 14.2. The van der Waals surface area contributed by atoms with Crippen molar-refractivity contribution in [3.8, 4) is 11.5 Å². The van der Waals surface area contributed by atoms with Crippen LogP contribution in [0.4, 0.5) is 5.69 Å². The number of methoxy groups -OCH3 is 2. The van der Waals surface area contributed by atoms with E-state index in [9.17, 15) is 29.3 Å². The van der Waals surface area contributed by atoms with Gasteiger partial charge in [-0.15, -0.1) is 0 Å². The molecule has 0 aliphatic rings. The van der Waals surface area contributed by atoms with Crippen molar-refractivity contribution < 1.29 is 14.4 Å². The number of nitro benzene ring substituents is 1. The van der Waals surface area contributed by atoms with E-state index in [1.807, 2.05) is 0 Å². The number of nitro groups is 1. The van der Waals surface area contributed by atoms with E-state index in [1.54, 1.807) is 24.3 Å². The summed E-state index contributed by atoms with van der Waals surface area (Å²) in [5.41, 5.74) is -2.16. The number of non-ortho nitro benzene ring substituents is 1. The molecule has 0 saturated carbocycles. The molecule has 7 rings (SSSR count). The Kier molecular flexibility index (Phi) is 4.66. The van der Waals surface area contributed by atoms with Crippen molar-refractivity contribution in [3.05, 3.63) is 106 Å². The summed E-state index contributed by atoms with van der Waals surface area (Å²) in [5.74, 6) is 0.340. The minimum Gasteiger partial charge on any atom is -0.496 e. The number of nitrogens with zero attached hydrogens (tertiary/aromatic N) is 1. The van der Waals surface area contributed by atoms with Crippen LogP contribution in [0.15, 0.2) is 73.8 Å². The quantitative estimate of drug-likeness (QED) is 0.154. The molecule has 1 aromatic heterocycles. The second-order valence-corrected chi connectivity index (χ2v) is 9.44. The molecule has 1 N–H and O–H groups in total. The van der Waals surface area contributed by atoms with Crippen LogP contribution in [0.2, 0.25) is 0 Å². The lowest BCUT2D eigenvalue weighted by Crippen LogP contribution is -2.20. The second kappa shape index (κ2) is 7.93. The molecule has 0 bridgehead atoms. The molecular weight excluding hydrogens is 516 g/mol. The number of hydrogen-bond donors (Lipinski definition) is 1. The summed E-state index contributed by atoms with van der Waals surface area (Å²) < 4.78 is 10.8. The Morgan fingerprint density at radius 2 is 1.15 bits per heavy atom. The summed E-state index contributed by atoms with van der Waals surface area (Å²) in [6.07, 6.45) is 0. The van der Waals surface area contributed by atoms with Gasteiger partial charge in [0.05, 0.1) is 40.8 Å². The van der Waals surface area contributed by atoms with Crippen molar-refractivity contribution in [2.24, 2.45) is 0 Å². The van der Waals surface area contributed by atoms with Crippen LogP contribution in [-0.2, 0) is 0 Å². The largest absolute Gasteiger partial charge is 0.496 e. The highest BCUT2D eigenvalue weighted by atomic mass is 16.6. The van der Waals surface area contributed by atoms with Gasteiger partial charge in [0, 0.05) is 55.4 Å². The van der Waals surface area contributed by atoms with Crippen LogP contribution in [0.25, 0.3) is 64.9 Å². The molecule has 0 radical (unpaired) electrons. The van der Waals surface area contributed by atoms with Gasteiger partial charge in [0.25, 0.3) is 5.69 Å². The van der Waals surface area contributed by atoms with E-state index < -0.39 is 26.6 Å². The van der Waals surface area contributed by atoms with Crippen LogP contribution in [0, 0.1) is 10.1 Å². The Morgan fingerprint density at radius 3 is 1.70 bits per heavy atom. The van der Waals surface area contributed by atoms with Crippen molar-refractivity contribution in [3.63, 3.8) is 0 Å². The maximum Gasteiger partial charge on any atom is 0.270 e. The molecule has 1 heterocycles. The van der Waals surface area contributed by atoms with Gasteiger partial charge >= 0.3 is 0 Å². The van der Waals surface area contributed by atoms with Crippen molar-refractivity contribution >= 4 is 70.6 Å². The second-order valence-electron chi connectivity index (χ2n) is 9.44. The summed E-state index contributed by atoms with van der Waals surface area (Å²) in [4.78, 5) is 70.8. The molecule has 7 aromatic rings. The molecule has 10 heteroatoms. The van der Waals surface area contributed by atoms with Crippen molar-refractivity contribution in [1.29, 1.82) is 0 Å². The summed E-state index contributed by atoms with van der Waals surface area (Å²) in [7, 11) is 2.74. The van der Waals surface area contributed by atoms with Gasteiger partial charge in [-0.3, -0.25) is 29.3 Å². The van der Waals surface area contributed by atoms with Crippen molar-refractivity contribution in [1.82, 2.24) is 4.98 Å². The van der Waals surface area contributed by atoms with Crippen molar-refractivity contribution in [2.45, 2.75) is 0 Å². The molecule has 40 heavy (non-hydrogen) atoms. The zero-order chi connectivity index (χ0) is 28.0. The summed E-state index contributed by atoms with van der Waals surface area (Å²) in [6.45, 7) is 0. The molecule has 0 amide bonds. The van der Waals surface area contributed by atoms with Gasteiger partial charge in [0.15, 0.2) is 21.7 Å². The molecule has 0 unspecified atom stereocenters. The minimum absolute atomic E-state index is 0.0141. The lowest BCUT2D eigenvalue weighted by atomic mass is 9.90. The Hall–Kier alpha value is -5.64. The number of fused-ring (bicyclic) bond motifs is 10. The Morgan fingerprint density at radius 1 is 0.625 bits per heavy atom. The van der Waals surface area contributed by atoms with Gasteiger partial charge in [-0.2, -0.15) is 0 Å². The minimum atomic E-state index is -0.631. The Balaban J connectivity index is 1.96. The van der Waals surface area contributed by atoms with Gasteiger partial charge in [0.2, 0.25) is 0 Å². The molecule has 0 saturated heterocycles. The highest BCUT2D eigenvalue weighted by molar-refractivity contribution is 6.33. The van der Waals surface area contributed by atoms with E-state index in [2.05, 4.69) is 4.98 Å². The molecule has 0 aliphatic heterocycles. The van der Waals surface area contributed by atoms with Crippen LogP contribution in [0.5, 0.6) is 11.5 Å². The fourth-order valence-corrected chi connectivity index (χ4v) is 5.92. The average Bonchev–Trinajstić information content (AvgIpc) is 3.35. The fourth-order valence-electron chi connectivity index (χ4n) is 5.92. The molecule has 10 nitrogen and oxygen atoms in total. The van der Waals surface area contributed by atoms with E-state index in [1.165, 1.54) is 44.6 Å². The number of H-pyrrole nitrogens is 1. The standard InChI is InChI=1S/C30H16N2O8/c1-39-17-7-3-5-13-19(17)29(35)22-21-15-11-12(32(37)38)9-10-16(15)31-26(21)25-24(23(22)27(13)33)28(34)14-6-4-8-18(40-2)20(14)30(25)36/h3-11,31H,1-2H3. The van der Waals surface area contributed by atoms with Crippen LogP contribution in [0.1, 0.15) is 0 Å². The van der Waals surface area contributed by atoms with Crippen LogP contribution in [-0.4, -0.2) is 24.1 Å². The lowest BCUT2D eigenvalue weighted by molar-refractivity contribution is -0.384. The number of rotatable bonds is 3. The van der Waals surface area contributed by atoms with E-state index in [0.29, 0.717) is 5.52 Å². The van der Waals surface area contributed by atoms with E-state index >= 15 is 0 Å². The maximum absolute atomic E-state index is 14.2. The highest BCUT2D eigenvalue weighted by Crippen LogP contribution is 2.38. The number of aromatic amines is 1.